The van der Waals surface area contributed by atoms with Gasteiger partial charge in [-0.3, -0.25) is 4.79 Å². The van der Waals surface area contributed by atoms with Gasteiger partial charge in [-0.25, -0.2) is 0 Å². The van der Waals surface area contributed by atoms with E-state index in [1.807, 2.05) is 43.3 Å². The number of hydrogen-bond donors (Lipinski definition) is 1. The van der Waals surface area contributed by atoms with Crippen molar-refractivity contribution in [3.05, 3.63) is 53.6 Å². The number of benzene rings is 2. The molecule has 0 aliphatic carbocycles. The van der Waals surface area contributed by atoms with Crippen LogP contribution in [0.5, 0.6) is 0 Å². The summed E-state index contributed by atoms with van der Waals surface area (Å²) in [5.74, 6) is 0.0383. The van der Waals surface area contributed by atoms with Gasteiger partial charge in [0.1, 0.15) is 0 Å². The molecule has 1 fully saturated rings. The van der Waals surface area contributed by atoms with Crippen LogP contribution >= 0.6 is 23.4 Å². The third-order valence-corrected chi connectivity index (χ3v) is 5.99. The van der Waals surface area contributed by atoms with Gasteiger partial charge in [0, 0.05) is 34.4 Å². The monoisotopic (exact) mass is 374 g/mol. The Morgan fingerprint density at radius 3 is 2.36 bits per heavy atom. The lowest BCUT2D eigenvalue weighted by molar-refractivity contribution is -0.115. The Morgan fingerprint density at radius 1 is 1.12 bits per heavy atom. The molecule has 0 saturated carbocycles. The van der Waals surface area contributed by atoms with E-state index in [-0.39, 0.29) is 11.2 Å². The van der Waals surface area contributed by atoms with E-state index in [2.05, 4.69) is 22.3 Å². The number of nitrogens with one attached hydrogen (secondary N) is 1. The Morgan fingerprint density at radius 2 is 1.76 bits per heavy atom. The first-order valence-electron chi connectivity index (χ1n) is 8.74. The molecule has 132 valence electrons. The molecule has 25 heavy (non-hydrogen) atoms. The molecule has 1 N–H and O–H groups in total. The zero-order valence-corrected chi connectivity index (χ0v) is 15.9. The van der Waals surface area contributed by atoms with Gasteiger partial charge in [-0.1, -0.05) is 18.5 Å². The average Bonchev–Trinajstić information content (AvgIpc) is 3.16. The lowest BCUT2D eigenvalue weighted by Gasteiger charge is -2.18. The molecule has 2 aromatic rings. The lowest BCUT2D eigenvalue weighted by Crippen LogP contribution is -2.24. The Bertz CT molecular complexity index is 697. The summed E-state index contributed by atoms with van der Waals surface area (Å²) in [6.45, 7) is 4.28. The molecule has 1 aliphatic heterocycles. The van der Waals surface area contributed by atoms with Crippen LogP contribution in [0.25, 0.3) is 0 Å². The molecule has 1 aliphatic rings. The van der Waals surface area contributed by atoms with Crippen LogP contribution in [0.3, 0.4) is 0 Å². The molecule has 0 radical (unpaired) electrons. The zero-order chi connectivity index (χ0) is 17.6. The van der Waals surface area contributed by atoms with Crippen LogP contribution in [0.15, 0.2) is 53.4 Å². The Labute approximate surface area is 158 Å². The quantitative estimate of drug-likeness (QED) is 0.682. The second kappa shape index (κ2) is 8.63. The van der Waals surface area contributed by atoms with Gasteiger partial charge in [0.25, 0.3) is 0 Å². The van der Waals surface area contributed by atoms with Crippen LogP contribution < -0.4 is 10.2 Å². The maximum absolute atomic E-state index is 12.6. The number of halogens is 1. The SMILES string of the molecule is CC[C@H](Sc1ccc(Cl)cc1)C(=O)Nc1ccc(N2CCCC2)cc1. The third kappa shape index (κ3) is 4.93. The summed E-state index contributed by atoms with van der Waals surface area (Å²) in [4.78, 5) is 16.0. The highest BCUT2D eigenvalue weighted by molar-refractivity contribution is 8.00. The topological polar surface area (TPSA) is 32.3 Å². The number of anilines is 2. The fraction of sp³-hybridized carbons (Fsp3) is 0.350. The molecular weight excluding hydrogens is 352 g/mol. The van der Waals surface area contributed by atoms with Crippen molar-refractivity contribution in [3.63, 3.8) is 0 Å². The summed E-state index contributed by atoms with van der Waals surface area (Å²) in [6.07, 6.45) is 3.29. The smallest absolute Gasteiger partial charge is 0.237 e. The fourth-order valence-electron chi connectivity index (χ4n) is 2.95. The van der Waals surface area contributed by atoms with E-state index < -0.39 is 0 Å². The summed E-state index contributed by atoms with van der Waals surface area (Å²) in [7, 11) is 0. The molecule has 5 heteroatoms. The van der Waals surface area contributed by atoms with Crippen molar-refractivity contribution in [2.24, 2.45) is 0 Å². The normalized spacial score (nSPS) is 15.2. The Balaban J connectivity index is 1.60. The van der Waals surface area contributed by atoms with Gasteiger partial charge in [0.05, 0.1) is 5.25 Å². The molecule has 1 heterocycles. The van der Waals surface area contributed by atoms with Crippen LogP contribution in [0.4, 0.5) is 11.4 Å². The predicted molar refractivity (Wildman–Crippen MR) is 108 cm³/mol. The predicted octanol–water partition coefficient (Wildman–Crippen LogP) is 5.45. The minimum Gasteiger partial charge on any atom is -0.372 e. The maximum Gasteiger partial charge on any atom is 0.237 e. The fourth-order valence-corrected chi connectivity index (χ4v) is 4.03. The first-order valence-corrected chi connectivity index (χ1v) is 9.99. The number of amides is 1. The molecule has 0 spiro atoms. The first-order chi connectivity index (χ1) is 12.2. The largest absolute Gasteiger partial charge is 0.372 e. The number of carbonyl (C=O) groups is 1. The first kappa shape index (κ1) is 18.2. The summed E-state index contributed by atoms with van der Waals surface area (Å²) in [6, 6.07) is 15.8. The van der Waals surface area contributed by atoms with Gasteiger partial charge in [-0.05, 0) is 67.8 Å². The molecule has 1 atom stereocenters. The molecule has 1 saturated heterocycles. The highest BCUT2D eigenvalue weighted by Gasteiger charge is 2.18. The van der Waals surface area contributed by atoms with Crippen LogP contribution in [0.1, 0.15) is 26.2 Å². The van der Waals surface area contributed by atoms with Crippen molar-refractivity contribution in [1.82, 2.24) is 0 Å². The Kier molecular flexibility index (Phi) is 6.27. The lowest BCUT2D eigenvalue weighted by atomic mass is 10.2. The van der Waals surface area contributed by atoms with Crippen LogP contribution in [0.2, 0.25) is 5.02 Å². The molecule has 0 bridgehead atoms. The highest BCUT2D eigenvalue weighted by atomic mass is 35.5. The van der Waals surface area contributed by atoms with Gasteiger partial charge in [-0.2, -0.15) is 0 Å². The van der Waals surface area contributed by atoms with Gasteiger partial charge >= 0.3 is 0 Å². The van der Waals surface area contributed by atoms with Crippen molar-refractivity contribution in [3.8, 4) is 0 Å². The van der Waals surface area contributed by atoms with Crippen molar-refractivity contribution in [2.45, 2.75) is 36.3 Å². The molecule has 0 aromatic heterocycles. The molecule has 1 amide bonds. The Hall–Kier alpha value is -1.65. The number of thioether (sulfide) groups is 1. The van der Waals surface area contributed by atoms with E-state index in [0.29, 0.717) is 5.02 Å². The van der Waals surface area contributed by atoms with Crippen LogP contribution in [0, 0.1) is 0 Å². The number of rotatable bonds is 6. The minimum absolute atomic E-state index is 0.0383. The maximum atomic E-state index is 12.6. The number of nitrogens with zero attached hydrogens (tertiary/aromatic N) is 1. The molecule has 3 nitrogen and oxygen atoms in total. The summed E-state index contributed by atoms with van der Waals surface area (Å²) in [5, 5.41) is 3.62. The highest BCUT2D eigenvalue weighted by Crippen LogP contribution is 2.28. The second-order valence-corrected chi connectivity index (χ2v) is 7.91. The molecule has 0 unspecified atom stereocenters. The van der Waals surface area contributed by atoms with Crippen molar-refractivity contribution in [2.75, 3.05) is 23.3 Å². The summed E-state index contributed by atoms with van der Waals surface area (Å²) < 4.78 is 0. The molecule has 3 rings (SSSR count). The standard InChI is InChI=1S/C20H23ClN2OS/c1-2-19(25-18-11-5-15(21)6-12-18)20(24)22-16-7-9-17(10-8-16)23-13-3-4-14-23/h5-12,19H,2-4,13-14H2,1H3,(H,22,24)/t19-/m0/s1. The second-order valence-electron chi connectivity index (χ2n) is 6.20. The van der Waals surface area contributed by atoms with Crippen LogP contribution in [-0.4, -0.2) is 24.2 Å². The van der Waals surface area contributed by atoms with E-state index in [0.717, 1.165) is 30.1 Å². The van der Waals surface area contributed by atoms with Crippen molar-refractivity contribution >= 4 is 40.6 Å². The van der Waals surface area contributed by atoms with Gasteiger partial charge in [0.2, 0.25) is 5.91 Å². The van der Waals surface area contributed by atoms with Gasteiger partial charge in [-0.15, -0.1) is 11.8 Å². The zero-order valence-electron chi connectivity index (χ0n) is 14.4. The average molecular weight is 375 g/mol. The van der Waals surface area contributed by atoms with E-state index in [9.17, 15) is 4.79 Å². The van der Waals surface area contributed by atoms with E-state index in [1.54, 1.807) is 11.8 Å². The summed E-state index contributed by atoms with van der Waals surface area (Å²) >= 11 is 7.49. The minimum atomic E-state index is -0.126. The van der Waals surface area contributed by atoms with E-state index in [1.165, 1.54) is 18.5 Å². The van der Waals surface area contributed by atoms with Crippen LogP contribution in [-0.2, 0) is 4.79 Å². The van der Waals surface area contributed by atoms with E-state index in [4.69, 9.17) is 11.6 Å². The molecule has 2 aromatic carbocycles. The third-order valence-electron chi connectivity index (χ3n) is 4.36. The van der Waals surface area contributed by atoms with Gasteiger partial charge in [0.15, 0.2) is 0 Å². The van der Waals surface area contributed by atoms with Gasteiger partial charge < -0.3 is 10.2 Å². The van der Waals surface area contributed by atoms with Crippen molar-refractivity contribution < 1.29 is 4.79 Å². The summed E-state index contributed by atoms with van der Waals surface area (Å²) in [5.41, 5.74) is 2.08. The molecular formula is C20H23ClN2OS. The number of hydrogen-bond acceptors (Lipinski definition) is 3. The number of carbonyl (C=O) groups excluding carboxylic acids is 1. The van der Waals surface area contributed by atoms with E-state index >= 15 is 0 Å². The van der Waals surface area contributed by atoms with Crippen molar-refractivity contribution in [1.29, 1.82) is 0 Å².